The van der Waals surface area contributed by atoms with Crippen molar-refractivity contribution in [1.29, 1.82) is 0 Å². The van der Waals surface area contributed by atoms with Crippen LogP contribution in [0.3, 0.4) is 0 Å². The smallest absolute Gasteiger partial charge is 0.251 e. The van der Waals surface area contributed by atoms with Gasteiger partial charge in [-0.3, -0.25) is 18.6 Å². The summed E-state index contributed by atoms with van der Waals surface area (Å²) in [6.45, 7) is 1.98. The van der Waals surface area contributed by atoms with Crippen molar-refractivity contribution in [2.45, 2.75) is 18.4 Å². The van der Waals surface area contributed by atoms with Crippen LogP contribution in [0.4, 0.5) is 10.1 Å². The average Bonchev–Trinajstić information content (AvgIpc) is 3.27. The first-order valence-electron chi connectivity index (χ1n) is 11.8. The molecule has 6 rings (SSSR count). The van der Waals surface area contributed by atoms with Gasteiger partial charge in [0.1, 0.15) is 17.8 Å². The molecule has 0 saturated heterocycles. The molecule has 0 fully saturated rings. The second-order valence-electron chi connectivity index (χ2n) is 8.95. The highest BCUT2D eigenvalue weighted by Crippen LogP contribution is 2.50. The van der Waals surface area contributed by atoms with E-state index >= 15 is 0 Å². The lowest BCUT2D eigenvalue weighted by atomic mass is 10.1. The predicted octanol–water partition coefficient (Wildman–Crippen LogP) is 6.26. The molecular weight excluding hydrogens is 541 g/mol. The summed E-state index contributed by atoms with van der Waals surface area (Å²) in [5.74, 6) is -0.755. The summed E-state index contributed by atoms with van der Waals surface area (Å²) in [6.07, 6.45) is 3.07. The van der Waals surface area contributed by atoms with Crippen LogP contribution >= 0.6 is 22.1 Å². The number of nitrogens with zero attached hydrogens (tertiary/aromatic N) is 3. The van der Waals surface area contributed by atoms with E-state index in [2.05, 4.69) is 25.0 Å². The van der Waals surface area contributed by atoms with Crippen molar-refractivity contribution in [2.24, 2.45) is 0 Å². The molecule has 1 aliphatic heterocycles. The fraction of sp³-hybridized carbons (Fsp3) is 0.111. The van der Waals surface area contributed by atoms with Crippen LogP contribution in [0.15, 0.2) is 66.0 Å². The van der Waals surface area contributed by atoms with Crippen molar-refractivity contribution >= 4 is 43.9 Å². The lowest BCUT2D eigenvalue weighted by Gasteiger charge is -2.34. The average molecular weight is 564 g/mol. The second kappa shape index (κ2) is 9.58. The van der Waals surface area contributed by atoms with Crippen molar-refractivity contribution in [3.05, 3.63) is 83.6 Å². The van der Waals surface area contributed by atoms with Gasteiger partial charge < -0.3 is 10.1 Å². The van der Waals surface area contributed by atoms with Crippen molar-refractivity contribution in [2.75, 3.05) is 11.8 Å². The molecule has 0 atom stereocenters. The maximum atomic E-state index is 14.7. The molecule has 0 spiro atoms. The third kappa shape index (κ3) is 4.57. The van der Waals surface area contributed by atoms with Gasteiger partial charge in [0.15, 0.2) is 0 Å². The number of anilines is 1. The van der Waals surface area contributed by atoms with Crippen LogP contribution in [0.1, 0.15) is 21.5 Å². The molecule has 12 heteroatoms. The quantitative estimate of drug-likeness (QED) is 0.188. The number of halogens is 1. The minimum atomic E-state index is -3.62. The molecule has 39 heavy (non-hydrogen) atoms. The van der Waals surface area contributed by atoms with Gasteiger partial charge >= 0.3 is 0 Å². The number of ether oxygens (including phenoxy) is 1. The molecule has 0 unspecified atom stereocenters. The van der Waals surface area contributed by atoms with Gasteiger partial charge in [-0.05, 0) is 60.5 Å². The maximum absolute atomic E-state index is 14.7. The van der Waals surface area contributed by atoms with E-state index in [9.17, 15) is 18.3 Å². The van der Waals surface area contributed by atoms with Crippen LogP contribution in [0.25, 0.3) is 31.9 Å². The molecule has 4 heterocycles. The number of rotatable bonds is 1. The Morgan fingerprint density at radius 3 is 2.72 bits per heavy atom. The van der Waals surface area contributed by atoms with Crippen molar-refractivity contribution in [1.82, 2.24) is 20.3 Å². The Labute approximate surface area is 228 Å². The first kappa shape index (κ1) is 25.2. The fourth-order valence-corrected chi connectivity index (χ4v) is 6.90. The number of methoxy groups -OCH3 is 1. The molecule has 2 aromatic carbocycles. The number of aromatic nitrogens is 3. The monoisotopic (exact) mass is 563 g/mol. The number of thiophene rings is 1. The molecule has 1 amide bonds. The van der Waals surface area contributed by atoms with E-state index in [-0.39, 0.29) is 28.6 Å². The van der Waals surface area contributed by atoms with Gasteiger partial charge in [0.05, 0.1) is 27.9 Å². The SMILES string of the molecule is COc1ncc2cc1NS(O)(O)c1cccc(c1)C(=O)NCc1cc(F)cc(c1)-c1ncnc3c(C)c-2sc13. The molecule has 4 N–H and O–H groups in total. The number of hydrogen-bond acceptors (Lipinski definition) is 9. The van der Waals surface area contributed by atoms with E-state index in [4.69, 9.17) is 4.74 Å². The normalized spacial score (nSPS) is 15.2. The van der Waals surface area contributed by atoms with Gasteiger partial charge in [-0.15, -0.1) is 11.3 Å². The second-order valence-corrected chi connectivity index (χ2v) is 11.7. The standard InChI is InChI=1S/C27H22FN5O4S2/c1-14-22-25-23(32-13-31-22)17-6-15(7-19(28)8-17)11-29-26(34)16-4-3-5-20(9-16)39(35,36)33-21-10-18(24(14)38-25)12-30-27(21)37-2/h3-10,12-13,33,35-36H,11H2,1-2H3,(H,29,34). The van der Waals surface area contributed by atoms with E-state index in [0.29, 0.717) is 27.9 Å². The lowest BCUT2D eigenvalue weighted by molar-refractivity contribution is 0.0950. The zero-order valence-corrected chi connectivity index (χ0v) is 22.4. The van der Waals surface area contributed by atoms with E-state index in [1.54, 1.807) is 30.5 Å². The number of amides is 1. The summed E-state index contributed by atoms with van der Waals surface area (Å²) in [5, 5.41) is 2.78. The molecule has 9 nitrogen and oxygen atoms in total. The predicted molar refractivity (Wildman–Crippen MR) is 150 cm³/mol. The minimum absolute atomic E-state index is 0.0543. The van der Waals surface area contributed by atoms with Gasteiger partial charge in [0, 0.05) is 34.3 Å². The molecular formula is C27H22FN5O4S2. The molecule has 3 aromatic heterocycles. The van der Waals surface area contributed by atoms with Crippen molar-refractivity contribution < 1.29 is 23.0 Å². The van der Waals surface area contributed by atoms with E-state index < -0.39 is 22.5 Å². The van der Waals surface area contributed by atoms with Gasteiger partial charge in [0.2, 0.25) is 5.88 Å². The number of nitrogens with one attached hydrogen (secondary N) is 2. The lowest BCUT2D eigenvalue weighted by Crippen LogP contribution is -2.23. The minimum Gasteiger partial charge on any atom is -0.479 e. The summed E-state index contributed by atoms with van der Waals surface area (Å²) < 4.78 is 45.8. The fourth-order valence-electron chi connectivity index (χ4n) is 4.52. The van der Waals surface area contributed by atoms with Crippen molar-refractivity contribution in [3.63, 3.8) is 0 Å². The van der Waals surface area contributed by atoms with E-state index in [0.717, 1.165) is 15.1 Å². The maximum Gasteiger partial charge on any atom is 0.251 e. The Morgan fingerprint density at radius 1 is 1.05 bits per heavy atom. The van der Waals surface area contributed by atoms with Crippen LogP contribution < -0.4 is 14.8 Å². The first-order valence-corrected chi connectivity index (χ1v) is 14.1. The Kier molecular flexibility index (Phi) is 6.19. The zero-order chi connectivity index (χ0) is 27.3. The summed E-state index contributed by atoms with van der Waals surface area (Å²) >= 11 is 1.43. The van der Waals surface area contributed by atoms with Crippen LogP contribution in [-0.2, 0) is 6.54 Å². The number of fused-ring (bicyclic) bond motifs is 9. The zero-order valence-electron chi connectivity index (χ0n) is 20.7. The Hall–Kier alpha value is -4.10. The first-order chi connectivity index (χ1) is 18.7. The molecule has 5 aromatic rings. The number of hydrogen-bond donors (Lipinski definition) is 4. The van der Waals surface area contributed by atoms with Crippen molar-refractivity contribution in [3.8, 4) is 27.6 Å². The molecule has 8 bridgehead atoms. The summed E-state index contributed by atoms with van der Waals surface area (Å²) in [5.41, 5.74) is 4.41. The summed E-state index contributed by atoms with van der Waals surface area (Å²) in [4.78, 5) is 27.2. The van der Waals surface area contributed by atoms with Crippen LogP contribution in [0, 0.1) is 12.7 Å². The summed E-state index contributed by atoms with van der Waals surface area (Å²) in [7, 11) is -2.19. The van der Waals surface area contributed by atoms with Crippen LogP contribution in [-0.4, -0.2) is 37.1 Å². The number of carbonyl (C=O) groups excluding carboxylic acids is 1. The molecule has 0 radical (unpaired) electrons. The van der Waals surface area contributed by atoms with Crippen LogP contribution in [0.5, 0.6) is 5.88 Å². The van der Waals surface area contributed by atoms with E-state index in [1.807, 2.05) is 6.92 Å². The Bertz CT molecular complexity index is 1780. The Morgan fingerprint density at radius 2 is 1.90 bits per heavy atom. The Balaban J connectivity index is 1.61. The molecule has 198 valence electrons. The third-order valence-corrected chi connectivity index (χ3v) is 9.12. The highest BCUT2D eigenvalue weighted by atomic mass is 32.3. The third-order valence-electron chi connectivity index (χ3n) is 6.37. The van der Waals surface area contributed by atoms with Crippen LogP contribution in [0.2, 0.25) is 0 Å². The van der Waals surface area contributed by atoms with E-state index in [1.165, 1.54) is 49.0 Å². The van der Waals surface area contributed by atoms with Gasteiger partial charge in [-0.25, -0.2) is 19.3 Å². The van der Waals surface area contributed by atoms with Gasteiger partial charge in [-0.2, -0.15) is 0 Å². The number of benzene rings is 2. The number of aryl methyl sites for hydroxylation is 1. The number of pyridine rings is 1. The summed E-state index contributed by atoms with van der Waals surface area (Å²) in [6, 6.07) is 12.3. The highest BCUT2D eigenvalue weighted by Gasteiger charge is 2.23. The van der Waals surface area contributed by atoms with Gasteiger partial charge in [-0.1, -0.05) is 16.8 Å². The topological polar surface area (TPSA) is 129 Å². The highest BCUT2D eigenvalue weighted by molar-refractivity contribution is 8.25. The number of carbonyl (C=O) groups is 1. The van der Waals surface area contributed by atoms with Gasteiger partial charge in [0.25, 0.3) is 5.91 Å². The molecule has 0 aliphatic carbocycles. The molecule has 1 aliphatic rings. The molecule has 0 saturated carbocycles. The largest absolute Gasteiger partial charge is 0.479 e.